The number of nitrogens with one attached hydrogen (secondary N) is 1. The minimum Gasteiger partial charge on any atom is -0.325 e. The van der Waals surface area contributed by atoms with Crippen molar-refractivity contribution in [1.29, 1.82) is 0 Å². The third-order valence-electron chi connectivity index (χ3n) is 5.18. The van der Waals surface area contributed by atoms with Crippen molar-refractivity contribution in [3.05, 3.63) is 82.2 Å². The Morgan fingerprint density at radius 3 is 2.61 bits per heavy atom. The van der Waals surface area contributed by atoms with Crippen LogP contribution < -0.4 is 10.2 Å². The second kappa shape index (κ2) is 6.88. The van der Waals surface area contributed by atoms with Gasteiger partial charge in [-0.25, -0.2) is 9.88 Å². The Morgan fingerprint density at radius 2 is 1.86 bits per heavy atom. The van der Waals surface area contributed by atoms with E-state index in [4.69, 9.17) is 0 Å². The molecule has 0 radical (unpaired) electrons. The number of pyridine rings is 1. The summed E-state index contributed by atoms with van der Waals surface area (Å²) in [5.74, 6) is -0.925. The molecule has 0 unspecified atom stereocenters. The van der Waals surface area contributed by atoms with E-state index in [1.165, 1.54) is 18.3 Å². The molecule has 2 heterocycles. The Hall–Kier alpha value is -3.54. The van der Waals surface area contributed by atoms with Gasteiger partial charge in [0.1, 0.15) is 5.82 Å². The summed E-state index contributed by atoms with van der Waals surface area (Å²) in [4.78, 5) is 43.3. The highest BCUT2D eigenvalue weighted by atomic mass is 16.2. The van der Waals surface area contributed by atoms with Crippen LogP contribution >= 0.6 is 0 Å². The number of hydrogen-bond donors (Lipinski definition) is 1. The van der Waals surface area contributed by atoms with E-state index in [1.54, 1.807) is 24.3 Å². The molecule has 1 aromatic carbocycles. The summed E-state index contributed by atoms with van der Waals surface area (Å²) in [6.07, 6.45) is 5.32. The second-order valence-corrected chi connectivity index (χ2v) is 6.88. The highest BCUT2D eigenvalue weighted by Gasteiger charge is 2.37. The Bertz CT molecular complexity index is 1070. The van der Waals surface area contributed by atoms with E-state index in [-0.39, 0.29) is 22.9 Å². The number of anilines is 1. The molecule has 0 spiro atoms. The van der Waals surface area contributed by atoms with E-state index in [0.717, 1.165) is 34.6 Å². The molecule has 1 aromatic heterocycles. The fourth-order valence-corrected chi connectivity index (χ4v) is 3.45. The highest BCUT2D eigenvalue weighted by molar-refractivity contribution is 6.34. The number of amides is 3. The van der Waals surface area contributed by atoms with Crippen LogP contribution in [0.1, 0.15) is 57.8 Å². The van der Waals surface area contributed by atoms with Gasteiger partial charge in [0.2, 0.25) is 0 Å². The highest BCUT2D eigenvalue weighted by Crippen LogP contribution is 2.28. The van der Waals surface area contributed by atoms with Crippen LogP contribution in [0, 0.1) is 0 Å². The normalized spacial score (nSPS) is 16.2. The zero-order valence-corrected chi connectivity index (χ0v) is 15.7. The van der Waals surface area contributed by atoms with E-state index in [2.05, 4.69) is 16.4 Å². The van der Waals surface area contributed by atoms with E-state index < -0.39 is 11.8 Å². The number of nitrogens with zero attached hydrogens (tertiary/aromatic N) is 2. The summed E-state index contributed by atoms with van der Waals surface area (Å²) in [5.41, 5.74) is 3.95. The first-order valence-corrected chi connectivity index (χ1v) is 9.09. The molecule has 6 heteroatoms. The third-order valence-corrected chi connectivity index (χ3v) is 5.18. The van der Waals surface area contributed by atoms with Crippen molar-refractivity contribution < 1.29 is 14.4 Å². The zero-order chi connectivity index (χ0) is 19.8. The van der Waals surface area contributed by atoms with Crippen LogP contribution in [0.2, 0.25) is 0 Å². The standard InChI is InChI=1S/C22H19N3O3/c1-13-6-5-7-18(14(13)2)24-20(26)15-9-10-16-17(12-15)22(28)25(21(16)27)19-8-3-4-11-23-19/h3-4,6,8-12H,5,7H2,1-2H3,(H,24,26). The van der Waals surface area contributed by atoms with Crippen LogP contribution in [0.4, 0.5) is 5.82 Å². The van der Waals surface area contributed by atoms with Crippen molar-refractivity contribution in [3.8, 4) is 0 Å². The minimum absolute atomic E-state index is 0.216. The largest absolute Gasteiger partial charge is 0.325 e. The molecule has 2 aliphatic rings. The molecule has 28 heavy (non-hydrogen) atoms. The van der Waals surface area contributed by atoms with Gasteiger partial charge in [-0.05, 0) is 62.6 Å². The molecule has 1 N–H and O–H groups in total. The maximum atomic E-state index is 12.8. The first-order valence-electron chi connectivity index (χ1n) is 9.09. The second-order valence-electron chi connectivity index (χ2n) is 6.88. The summed E-state index contributed by atoms with van der Waals surface area (Å²) in [6.45, 7) is 4.00. The SMILES string of the molecule is CC1=CCCC(NC(=O)c2ccc3c(c2)C(=O)N(c2ccccn2)C3=O)=C1C. The fourth-order valence-electron chi connectivity index (χ4n) is 3.45. The van der Waals surface area contributed by atoms with E-state index in [0.29, 0.717) is 5.56 Å². The summed E-state index contributed by atoms with van der Waals surface area (Å²) in [5, 5.41) is 2.95. The molecule has 0 saturated carbocycles. The molecule has 6 nitrogen and oxygen atoms in total. The lowest BCUT2D eigenvalue weighted by atomic mass is 9.97. The quantitative estimate of drug-likeness (QED) is 0.834. The average Bonchev–Trinajstić information content (AvgIpc) is 2.96. The van der Waals surface area contributed by atoms with E-state index in [9.17, 15) is 14.4 Å². The molecule has 0 atom stereocenters. The number of allylic oxidation sites excluding steroid dienone is 4. The smallest absolute Gasteiger partial charge is 0.267 e. The molecule has 4 rings (SSSR count). The van der Waals surface area contributed by atoms with E-state index in [1.807, 2.05) is 13.8 Å². The van der Waals surface area contributed by atoms with Crippen molar-refractivity contribution in [2.75, 3.05) is 4.90 Å². The van der Waals surface area contributed by atoms with Crippen LogP contribution in [0.25, 0.3) is 0 Å². The molecule has 3 amide bonds. The minimum atomic E-state index is -0.472. The van der Waals surface area contributed by atoms with Crippen LogP contribution in [0.5, 0.6) is 0 Å². The predicted molar refractivity (Wildman–Crippen MR) is 105 cm³/mol. The number of carbonyl (C=O) groups excluding carboxylic acids is 3. The molecule has 0 saturated heterocycles. The lowest BCUT2D eigenvalue weighted by Crippen LogP contribution is -2.30. The Kier molecular flexibility index (Phi) is 4.39. The van der Waals surface area contributed by atoms with Gasteiger partial charge in [0.05, 0.1) is 11.1 Å². The van der Waals surface area contributed by atoms with Crippen LogP contribution in [-0.2, 0) is 0 Å². The number of rotatable bonds is 3. The van der Waals surface area contributed by atoms with Crippen molar-refractivity contribution >= 4 is 23.5 Å². The monoisotopic (exact) mass is 373 g/mol. The molecular weight excluding hydrogens is 354 g/mol. The number of fused-ring (bicyclic) bond motifs is 1. The summed E-state index contributed by atoms with van der Waals surface area (Å²) >= 11 is 0. The molecule has 1 aliphatic heterocycles. The Balaban J connectivity index is 1.63. The molecule has 0 bridgehead atoms. The van der Waals surface area contributed by atoms with Crippen molar-refractivity contribution in [3.63, 3.8) is 0 Å². The Labute approximate surface area is 162 Å². The number of benzene rings is 1. The van der Waals surface area contributed by atoms with Crippen LogP contribution in [0.15, 0.2) is 65.5 Å². The van der Waals surface area contributed by atoms with Gasteiger partial charge >= 0.3 is 0 Å². The summed E-state index contributed by atoms with van der Waals surface area (Å²) in [7, 11) is 0. The molecule has 0 fully saturated rings. The van der Waals surface area contributed by atoms with Crippen LogP contribution in [-0.4, -0.2) is 22.7 Å². The maximum absolute atomic E-state index is 12.8. The molecule has 2 aromatic rings. The van der Waals surface area contributed by atoms with E-state index >= 15 is 0 Å². The van der Waals surface area contributed by atoms with Crippen molar-refractivity contribution in [1.82, 2.24) is 10.3 Å². The van der Waals surface area contributed by atoms with Crippen molar-refractivity contribution in [2.45, 2.75) is 26.7 Å². The van der Waals surface area contributed by atoms with Crippen molar-refractivity contribution in [2.24, 2.45) is 0 Å². The molecular formula is C22H19N3O3. The topological polar surface area (TPSA) is 79.4 Å². The number of aromatic nitrogens is 1. The zero-order valence-electron chi connectivity index (χ0n) is 15.7. The maximum Gasteiger partial charge on any atom is 0.267 e. The number of carbonyl (C=O) groups is 3. The lowest BCUT2D eigenvalue weighted by Gasteiger charge is -2.18. The summed E-state index contributed by atoms with van der Waals surface area (Å²) < 4.78 is 0. The first kappa shape index (κ1) is 17.9. The average molecular weight is 373 g/mol. The third kappa shape index (κ3) is 2.93. The molecule has 140 valence electrons. The van der Waals surface area contributed by atoms with Gasteiger partial charge in [0, 0.05) is 17.5 Å². The lowest BCUT2D eigenvalue weighted by molar-refractivity contribution is 0.0923. The van der Waals surface area contributed by atoms with Gasteiger partial charge in [0.15, 0.2) is 0 Å². The summed E-state index contributed by atoms with van der Waals surface area (Å²) in [6, 6.07) is 9.60. The van der Waals surface area contributed by atoms with Gasteiger partial charge in [-0.1, -0.05) is 17.7 Å². The number of hydrogen-bond acceptors (Lipinski definition) is 4. The fraction of sp³-hybridized carbons (Fsp3) is 0.182. The van der Waals surface area contributed by atoms with Gasteiger partial charge < -0.3 is 5.32 Å². The van der Waals surface area contributed by atoms with Gasteiger partial charge in [-0.2, -0.15) is 0 Å². The van der Waals surface area contributed by atoms with Gasteiger partial charge in [-0.3, -0.25) is 14.4 Å². The predicted octanol–water partition coefficient (Wildman–Crippen LogP) is 3.63. The first-order chi connectivity index (χ1) is 13.5. The number of imide groups is 1. The van der Waals surface area contributed by atoms with Gasteiger partial charge in [0.25, 0.3) is 17.7 Å². The van der Waals surface area contributed by atoms with Gasteiger partial charge in [-0.15, -0.1) is 0 Å². The molecule has 1 aliphatic carbocycles. The Morgan fingerprint density at radius 1 is 1.07 bits per heavy atom. The van der Waals surface area contributed by atoms with Crippen LogP contribution in [0.3, 0.4) is 0 Å².